The van der Waals surface area contributed by atoms with Gasteiger partial charge in [0.2, 0.25) is 0 Å². The van der Waals surface area contributed by atoms with Crippen LogP contribution in [0.5, 0.6) is 0 Å². The van der Waals surface area contributed by atoms with Crippen LogP contribution in [0, 0.1) is 0 Å². The van der Waals surface area contributed by atoms with Crippen molar-refractivity contribution in [2.24, 2.45) is 0 Å². The minimum atomic E-state index is 0.786. The topological polar surface area (TPSA) is 6.48 Å². The first-order valence-corrected chi connectivity index (χ1v) is 7.92. The highest BCUT2D eigenvalue weighted by molar-refractivity contribution is 6.31. The Morgan fingerprint density at radius 3 is 2.59 bits per heavy atom. The molecule has 0 bridgehead atoms. The van der Waals surface area contributed by atoms with Gasteiger partial charge in [-0.25, -0.2) is 0 Å². The molecule has 3 heteroatoms. The molecule has 0 aromatic heterocycles. The van der Waals surface area contributed by atoms with Crippen LogP contribution in [0.3, 0.4) is 0 Å². The molecule has 0 atom stereocenters. The van der Waals surface area contributed by atoms with E-state index < -0.39 is 0 Å². The van der Waals surface area contributed by atoms with Gasteiger partial charge in [-0.2, -0.15) is 0 Å². The van der Waals surface area contributed by atoms with Crippen molar-refractivity contribution >= 4 is 34.6 Å². The van der Waals surface area contributed by atoms with Crippen molar-refractivity contribution < 1.29 is 0 Å². The Morgan fingerprint density at radius 1 is 1.05 bits per heavy atom. The minimum absolute atomic E-state index is 0.786. The molecular weight excluding hydrogens is 292 g/mol. The summed E-state index contributed by atoms with van der Waals surface area (Å²) >= 11 is 6.26. The Morgan fingerprint density at radius 2 is 1.82 bits per heavy atom. The van der Waals surface area contributed by atoms with Crippen LogP contribution in [0.2, 0.25) is 5.02 Å². The number of para-hydroxylation sites is 1. The van der Waals surface area contributed by atoms with Crippen molar-refractivity contribution in [3.8, 4) is 0 Å². The fourth-order valence-electron chi connectivity index (χ4n) is 2.92. The monoisotopic (exact) mass is 312 g/mol. The Hall–Kier alpha value is -1.77. The van der Waals surface area contributed by atoms with Gasteiger partial charge in [0.1, 0.15) is 0 Å². The summed E-state index contributed by atoms with van der Waals surface area (Å²) in [5.74, 6) is 0. The first-order valence-electron chi connectivity index (χ1n) is 7.54. The number of hydrogen-bond donors (Lipinski definition) is 0. The molecule has 2 aromatic rings. The Labute approximate surface area is 137 Å². The molecule has 1 heterocycles. The molecule has 22 heavy (non-hydrogen) atoms. The van der Waals surface area contributed by atoms with E-state index in [2.05, 4.69) is 73.4 Å². The fourth-order valence-corrected chi connectivity index (χ4v) is 3.09. The van der Waals surface area contributed by atoms with E-state index in [1.807, 2.05) is 6.07 Å². The number of nitrogens with zero attached hydrogens (tertiary/aromatic N) is 2. The van der Waals surface area contributed by atoms with Crippen LogP contribution < -0.4 is 4.90 Å². The Balaban J connectivity index is 2.16. The van der Waals surface area contributed by atoms with E-state index in [1.54, 1.807) is 0 Å². The third-order valence-electron chi connectivity index (χ3n) is 4.12. The van der Waals surface area contributed by atoms with E-state index in [4.69, 9.17) is 11.6 Å². The number of hydrogen-bond acceptors (Lipinski definition) is 2. The molecule has 0 amide bonds. The number of benzene rings is 2. The first kappa shape index (κ1) is 15.1. The van der Waals surface area contributed by atoms with Gasteiger partial charge < -0.3 is 9.80 Å². The maximum atomic E-state index is 6.26. The summed E-state index contributed by atoms with van der Waals surface area (Å²) < 4.78 is 0. The quantitative estimate of drug-likeness (QED) is 0.794. The van der Waals surface area contributed by atoms with E-state index in [0.29, 0.717) is 0 Å². The van der Waals surface area contributed by atoms with E-state index >= 15 is 0 Å². The zero-order valence-electron chi connectivity index (χ0n) is 13.3. The lowest BCUT2D eigenvalue weighted by Gasteiger charge is -2.22. The normalized spacial score (nSPS) is 13.5. The predicted molar refractivity (Wildman–Crippen MR) is 97.0 cm³/mol. The SMILES string of the molecule is CN(C)CCC1=Cc2ccccc2N(C)c2ccc(Cl)cc21. The molecule has 1 aliphatic rings. The fraction of sp³-hybridized carbons (Fsp3) is 0.263. The van der Waals surface area contributed by atoms with Crippen molar-refractivity contribution in [3.63, 3.8) is 0 Å². The van der Waals surface area contributed by atoms with Gasteiger partial charge in [-0.05, 0) is 62.0 Å². The van der Waals surface area contributed by atoms with Crippen LogP contribution in [-0.2, 0) is 0 Å². The Bertz CT molecular complexity index is 719. The average molecular weight is 313 g/mol. The molecule has 3 rings (SSSR count). The first-order chi connectivity index (χ1) is 10.6. The molecule has 0 saturated heterocycles. The van der Waals surface area contributed by atoms with Crippen molar-refractivity contribution in [1.82, 2.24) is 4.90 Å². The van der Waals surface area contributed by atoms with Crippen LogP contribution in [0.4, 0.5) is 11.4 Å². The lowest BCUT2D eigenvalue weighted by Crippen LogP contribution is -2.14. The molecular formula is C19H21ClN2. The smallest absolute Gasteiger partial charge is 0.0485 e. The summed E-state index contributed by atoms with van der Waals surface area (Å²) in [4.78, 5) is 4.46. The third kappa shape index (κ3) is 2.90. The number of anilines is 2. The second-order valence-electron chi connectivity index (χ2n) is 6.00. The zero-order chi connectivity index (χ0) is 15.7. The largest absolute Gasteiger partial charge is 0.344 e. The van der Waals surface area contributed by atoms with Gasteiger partial charge in [-0.3, -0.25) is 0 Å². The number of rotatable bonds is 3. The maximum Gasteiger partial charge on any atom is 0.0485 e. The minimum Gasteiger partial charge on any atom is -0.344 e. The van der Waals surface area contributed by atoms with Crippen LogP contribution in [-0.4, -0.2) is 32.6 Å². The summed E-state index contributed by atoms with van der Waals surface area (Å²) in [6.07, 6.45) is 3.31. The highest BCUT2D eigenvalue weighted by Gasteiger charge is 2.19. The Kier molecular flexibility index (Phi) is 4.23. The lowest BCUT2D eigenvalue weighted by atomic mass is 9.99. The lowest BCUT2D eigenvalue weighted by molar-refractivity contribution is 0.420. The van der Waals surface area contributed by atoms with Gasteiger partial charge >= 0.3 is 0 Å². The van der Waals surface area contributed by atoms with Gasteiger partial charge in [0.15, 0.2) is 0 Å². The van der Waals surface area contributed by atoms with Gasteiger partial charge in [-0.1, -0.05) is 29.8 Å². The maximum absolute atomic E-state index is 6.26. The molecule has 1 aliphatic heterocycles. The molecule has 0 N–H and O–H groups in total. The summed E-state index contributed by atoms with van der Waals surface area (Å²) in [5.41, 5.74) is 6.26. The highest BCUT2D eigenvalue weighted by Crippen LogP contribution is 2.40. The van der Waals surface area contributed by atoms with Gasteiger partial charge in [-0.15, -0.1) is 0 Å². The number of halogens is 1. The molecule has 0 aliphatic carbocycles. The van der Waals surface area contributed by atoms with Gasteiger partial charge in [0.25, 0.3) is 0 Å². The molecule has 0 unspecified atom stereocenters. The summed E-state index contributed by atoms with van der Waals surface area (Å²) in [5, 5.41) is 0.786. The number of fused-ring (bicyclic) bond motifs is 2. The average Bonchev–Trinajstić information content (AvgIpc) is 2.61. The van der Waals surface area contributed by atoms with Crippen LogP contribution >= 0.6 is 11.6 Å². The van der Waals surface area contributed by atoms with Crippen molar-refractivity contribution in [2.45, 2.75) is 6.42 Å². The van der Waals surface area contributed by atoms with E-state index in [-0.39, 0.29) is 0 Å². The molecule has 114 valence electrons. The van der Waals surface area contributed by atoms with E-state index in [1.165, 1.54) is 28.1 Å². The van der Waals surface area contributed by atoms with Gasteiger partial charge in [0, 0.05) is 35.6 Å². The van der Waals surface area contributed by atoms with Crippen LogP contribution in [0.15, 0.2) is 42.5 Å². The summed E-state index contributed by atoms with van der Waals surface area (Å²) in [6.45, 7) is 1.02. The van der Waals surface area contributed by atoms with Crippen molar-refractivity contribution in [2.75, 3.05) is 32.6 Å². The second kappa shape index (κ2) is 6.15. The van der Waals surface area contributed by atoms with Crippen molar-refractivity contribution in [1.29, 1.82) is 0 Å². The van der Waals surface area contributed by atoms with Crippen molar-refractivity contribution in [3.05, 3.63) is 58.6 Å². The molecule has 0 saturated carbocycles. The third-order valence-corrected chi connectivity index (χ3v) is 4.36. The van der Waals surface area contributed by atoms with Gasteiger partial charge in [0.05, 0.1) is 0 Å². The molecule has 2 nitrogen and oxygen atoms in total. The second-order valence-corrected chi connectivity index (χ2v) is 6.44. The summed E-state index contributed by atoms with van der Waals surface area (Å²) in [6, 6.07) is 14.7. The standard InChI is InChI=1S/C19H21ClN2/c1-21(2)11-10-14-12-15-6-4-5-7-18(15)22(3)19-9-8-16(20)13-17(14)19/h4-9,12-13H,10-11H2,1-3H3. The summed E-state index contributed by atoms with van der Waals surface area (Å²) in [7, 11) is 6.33. The molecule has 0 radical (unpaired) electrons. The highest BCUT2D eigenvalue weighted by atomic mass is 35.5. The van der Waals surface area contributed by atoms with Crippen LogP contribution in [0.1, 0.15) is 17.5 Å². The van der Waals surface area contributed by atoms with E-state index in [0.717, 1.165) is 18.0 Å². The van der Waals surface area contributed by atoms with Crippen LogP contribution in [0.25, 0.3) is 11.6 Å². The van der Waals surface area contributed by atoms with E-state index in [9.17, 15) is 0 Å². The molecule has 0 fully saturated rings. The predicted octanol–water partition coefficient (Wildman–Crippen LogP) is 4.91. The zero-order valence-corrected chi connectivity index (χ0v) is 14.1. The molecule has 0 spiro atoms. The molecule has 2 aromatic carbocycles.